The molecule has 4 rings (SSSR count). The molecule has 2 aromatic rings. The third-order valence-electron chi connectivity index (χ3n) is 6.82. The van der Waals surface area contributed by atoms with Gasteiger partial charge in [0, 0.05) is 37.6 Å². The molecular weight excluding hydrogens is 432 g/mol. The van der Waals surface area contributed by atoms with Crippen molar-refractivity contribution in [3.8, 4) is 11.3 Å². The molecule has 5 nitrogen and oxygen atoms in total. The van der Waals surface area contributed by atoms with Crippen molar-refractivity contribution < 1.29 is 4.74 Å². The Morgan fingerprint density at radius 2 is 1.85 bits per heavy atom. The van der Waals surface area contributed by atoms with Crippen LogP contribution in [0.2, 0.25) is 5.02 Å². The van der Waals surface area contributed by atoms with Crippen molar-refractivity contribution >= 4 is 23.2 Å². The van der Waals surface area contributed by atoms with Crippen LogP contribution < -0.4 is 10.6 Å². The lowest BCUT2D eigenvalue weighted by molar-refractivity contribution is 0.0164. The van der Waals surface area contributed by atoms with Gasteiger partial charge < -0.3 is 15.4 Å². The topological polar surface area (TPSA) is 59.1 Å². The molecule has 2 aromatic heterocycles. The molecular formula is C27H41ClN4O. The van der Waals surface area contributed by atoms with Crippen LogP contribution in [0.15, 0.2) is 30.5 Å². The average Bonchev–Trinajstić information content (AvgIpc) is 2.87. The van der Waals surface area contributed by atoms with E-state index in [9.17, 15) is 0 Å². The van der Waals surface area contributed by atoms with Crippen LogP contribution >= 0.6 is 11.6 Å². The van der Waals surface area contributed by atoms with Crippen LogP contribution in [-0.2, 0) is 4.74 Å². The van der Waals surface area contributed by atoms with E-state index in [1.54, 1.807) is 6.20 Å². The summed E-state index contributed by atoms with van der Waals surface area (Å²) in [4.78, 5) is 9.39. The van der Waals surface area contributed by atoms with E-state index >= 15 is 0 Å². The lowest BCUT2D eigenvalue weighted by atomic mass is 9.76. The van der Waals surface area contributed by atoms with Gasteiger partial charge in [-0.1, -0.05) is 64.1 Å². The summed E-state index contributed by atoms with van der Waals surface area (Å²) >= 11 is 6.52. The molecule has 33 heavy (non-hydrogen) atoms. The van der Waals surface area contributed by atoms with Crippen LogP contribution in [-0.4, -0.2) is 35.8 Å². The predicted octanol–water partition coefficient (Wildman–Crippen LogP) is 7.58. The summed E-state index contributed by atoms with van der Waals surface area (Å²) in [5.41, 5.74) is 2.10. The fourth-order valence-electron chi connectivity index (χ4n) is 4.98. The Balaban J connectivity index is 0.00000149. The lowest BCUT2D eigenvalue weighted by Gasteiger charge is -2.37. The van der Waals surface area contributed by atoms with E-state index < -0.39 is 0 Å². The number of nitrogens with one attached hydrogen (secondary N) is 2. The summed E-state index contributed by atoms with van der Waals surface area (Å²) in [5.74, 6) is 1.78. The van der Waals surface area contributed by atoms with Crippen LogP contribution in [0.1, 0.15) is 78.6 Å². The van der Waals surface area contributed by atoms with Crippen LogP contribution in [0.5, 0.6) is 0 Å². The Bertz CT molecular complexity index is 842. The molecule has 2 aliphatic rings. The number of halogens is 1. The number of hydrogen-bond acceptors (Lipinski definition) is 5. The SMILES string of the molecule is CC.CCCC1(CNc2cccc(-c3cc(NC4CCCCC4)ncc3Cl)n2)CCOCC1. The molecule has 1 aliphatic carbocycles. The second-order valence-electron chi connectivity index (χ2n) is 9.15. The zero-order valence-corrected chi connectivity index (χ0v) is 21.4. The summed E-state index contributed by atoms with van der Waals surface area (Å²) in [6, 6.07) is 8.66. The molecule has 0 radical (unpaired) electrons. The molecule has 2 N–H and O–H groups in total. The van der Waals surface area contributed by atoms with Crippen molar-refractivity contribution in [1.82, 2.24) is 9.97 Å². The first-order valence-electron chi connectivity index (χ1n) is 12.9. The Kier molecular flexibility index (Phi) is 10.3. The maximum absolute atomic E-state index is 6.52. The normalized spacial score (nSPS) is 18.2. The highest BCUT2D eigenvalue weighted by Gasteiger charge is 2.31. The largest absolute Gasteiger partial charge is 0.381 e. The number of rotatable bonds is 8. The molecule has 182 valence electrons. The average molecular weight is 473 g/mol. The van der Waals surface area contributed by atoms with Gasteiger partial charge in [0.2, 0.25) is 0 Å². The second kappa shape index (κ2) is 13.1. The van der Waals surface area contributed by atoms with Crippen molar-refractivity contribution in [3.05, 3.63) is 35.5 Å². The maximum Gasteiger partial charge on any atom is 0.126 e. The number of hydrogen-bond donors (Lipinski definition) is 2. The molecule has 0 bridgehead atoms. The van der Waals surface area contributed by atoms with Gasteiger partial charge in [-0.3, -0.25) is 0 Å². The van der Waals surface area contributed by atoms with Gasteiger partial charge in [0.15, 0.2) is 0 Å². The summed E-state index contributed by atoms with van der Waals surface area (Å²) in [6.07, 6.45) is 12.7. The molecule has 0 atom stereocenters. The van der Waals surface area contributed by atoms with Gasteiger partial charge in [-0.25, -0.2) is 9.97 Å². The highest BCUT2D eigenvalue weighted by Crippen LogP contribution is 2.36. The number of ether oxygens (including phenoxy) is 1. The third kappa shape index (κ3) is 7.31. The van der Waals surface area contributed by atoms with E-state index in [0.29, 0.717) is 16.5 Å². The molecule has 0 aromatic carbocycles. The van der Waals surface area contributed by atoms with Gasteiger partial charge in [0.25, 0.3) is 0 Å². The first-order chi connectivity index (χ1) is 16.2. The van der Waals surface area contributed by atoms with Gasteiger partial charge in [-0.2, -0.15) is 0 Å². The molecule has 0 spiro atoms. The molecule has 6 heteroatoms. The van der Waals surface area contributed by atoms with Crippen molar-refractivity contribution in [2.75, 3.05) is 30.4 Å². The van der Waals surface area contributed by atoms with E-state index in [4.69, 9.17) is 21.3 Å². The fraction of sp³-hybridized carbons (Fsp3) is 0.630. The third-order valence-corrected chi connectivity index (χ3v) is 7.12. The highest BCUT2D eigenvalue weighted by molar-refractivity contribution is 6.33. The van der Waals surface area contributed by atoms with Crippen LogP contribution in [0.25, 0.3) is 11.3 Å². The van der Waals surface area contributed by atoms with Gasteiger partial charge in [0.1, 0.15) is 11.6 Å². The molecule has 1 saturated heterocycles. The Labute approximate surface area is 205 Å². The van der Waals surface area contributed by atoms with Crippen LogP contribution in [0, 0.1) is 5.41 Å². The standard InChI is InChI=1S/C25H35ClN4O.C2H6/c1-2-11-25(12-14-31-15-13-25)18-28-23-10-6-9-22(30-23)20-16-24(27-17-21(20)26)29-19-7-4-3-5-8-19;1-2/h6,9-10,16-17,19H,2-5,7-8,11-15,18H2,1H3,(H,27,29)(H,28,30);1-2H3. The van der Waals surface area contributed by atoms with Crippen molar-refractivity contribution in [2.45, 2.75) is 84.6 Å². The Morgan fingerprint density at radius 1 is 1.09 bits per heavy atom. The molecule has 0 amide bonds. The van der Waals surface area contributed by atoms with E-state index in [-0.39, 0.29) is 0 Å². The smallest absolute Gasteiger partial charge is 0.126 e. The van der Waals surface area contributed by atoms with Gasteiger partial charge >= 0.3 is 0 Å². The lowest BCUT2D eigenvalue weighted by Crippen LogP contribution is -2.36. The number of anilines is 2. The van der Waals surface area contributed by atoms with Gasteiger partial charge in [0.05, 0.1) is 10.7 Å². The summed E-state index contributed by atoms with van der Waals surface area (Å²) in [7, 11) is 0. The number of pyridine rings is 2. The minimum absolute atomic E-state index is 0.302. The van der Waals surface area contributed by atoms with Crippen molar-refractivity contribution in [3.63, 3.8) is 0 Å². The van der Waals surface area contributed by atoms with E-state index in [0.717, 1.165) is 55.5 Å². The fourth-order valence-corrected chi connectivity index (χ4v) is 5.18. The van der Waals surface area contributed by atoms with Crippen LogP contribution in [0.4, 0.5) is 11.6 Å². The van der Waals surface area contributed by atoms with Crippen molar-refractivity contribution in [2.24, 2.45) is 5.41 Å². The van der Waals surface area contributed by atoms with Crippen LogP contribution in [0.3, 0.4) is 0 Å². The quantitative estimate of drug-likeness (QED) is 0.414. The zero-order valence-electron chi connectivity index (χ0n) is 20.6. The summed E-state index contributed by atoms with van der Waals surface area (Å²) < 4.78 is 5.61. The van der Waals surface area contributed by atoms with Gasteiger partial charge in [-0.05, 0) is 55.7 Å². The van der Waals surface area contributed by atoms with E-state index in [1.807, 2.05) is 38.1 Å². The summed E-state index contributed by atoms with van der Waals surface area (Å²) in [6.45, 7) is 8.91. The maximum atomic E-state index is 6.52. The zero-order chi connectivity index (χ0) is 23.5. The Hall–Kier alpha value is -1.85. The predicted molar refractivity (Wildman–Crippen MR) is 140 cm³/mol. The second-order valence-corrected chi connectivity index (χ2v) is 9.56. The number of nitrogens with zero attached hydrogens (tertiary/aromatic N) is 2. The molecule has 3 heterocycles. The highest BCUT2D eigenvalue weighted by atomic mass is 35.5. The van der Waals surface area contributed by atoms with Crippen molar-refractivity contribution in [1.29, 1.82) is 0 Å². The first-order valence-corrected chi connectivity index (χ1v) is 13.3. The molecule has 2 fully saturated rings. The molecule has 1 aliphatic heterocycles. The van der Waals surface area contributed by atoms with Gasteiger partial charge in [-0.15, -0.1) is 0 Å². The molecule has 0 unspecified atom stereocenters. The monoisotopic (exact) mass is 472 g/mol. The minimum Gasteiger partial charge on any atom is -0.381 e. The first kappa shape index (κ1) is 25.8. The minimum atomic E-state index is 0.302. The molecule has 1 saturated carbocycles. The Morgan fingerprint density at radius 3 is 2.58 bits per heavy atom. The van der Waals surface area contributed by atoms with E-state index in [1.165, 1.54) is 44.9 Å². The number of aromatic nitrogens is 2. The van der Waals surface area contributed by atoms with E-state index in [2.05, 4.69) is 22.5 Å². The summed E-state index contributed by atoms with van der Waals surface area (Å²) in [5, 5.41) is 7.83.